The van der Waals surface area contributed by atoms with Crippen LogP contribution in [0.25, 0.3) is 11.0 Å². The van der Waals surface area contributed by atoms with Gasteiger partial charge < -0.3 is 24.7 Å². The van der Waals surface area contributed by atoms with Crippen LogP contribution in [-0.2, 0) is 24.9 Å². The van der Waals surface area contributed by atoms with Crippen molar-refractivity contribution in [2.24, 2.45) is 7.05 Å². The molecule has 1 atom stereocenters. The molecule has 0 aliphatic carbocycles. The van der Waals surface area contributed by atoms with Gasteiger partial charge >= 0.3 is 6.03 Å². The molecule has 0 spiro atoms. The quantitative estimate of drug-likeness (QED) is 0.271. The van der Waals surface area contributed by atoms with Crippen LogP contribution in [0.15, 0.2) is 66.7 Å². The van der Waals surface area contributed by atoms with Crippen molar-refractivity contribution in [2.45, 2.75) is 25.2 Å². The Hall–Kier alpha value is -4.51. The number of amides is 4. The largest absolute Gasteiger partial charge is 0.486 e. The van der Waals surface area contributed by atoms with Crippen LogP contribution >= 0.6 is 11.8 Å². The van der Waals surface area contributed by atoms with E-state index in [1.165, 1.54) is 0 Å². The summed E-state index contributed by atoms with van der Waals surface area (Å²) in [5.74, 6) is 2.49. The van der Waals surface area contributed by atoms with Gasteiger partial charge in [0.25, 0.3) is 5.24 Å². The fourth-order valence-corrected chi connectivity index (χ4v) is 4.96. The number of hydrogen-bond donors (Lipinski definition) is 3. The maximum Gasteiger partial charge on any atom is 0.319 e. The van der Waals surface area contributed by atoms with Crippen molar-refractivity contribution in [3.63, 3.8) is 0 Å². The van der Waals surface area contributed by atoms with E-state index in [2.05, 4.69) is 20.9 Å². The Morgan fingerprint density at radius 1 is 1.03 bits per heavy atom. The lowest BCUT2D eigenvalue weighted by atomic mass is 10.1. The molecule has 0 bridgehead atoms. The van der Waals surface area contributed by atoms with Crippen LogP contribution in [-0.4, -0.2) is 38.5 Å². The summed E-state index contributed by atoms with van der Waals surface area (Å²) >= 11 is 1.02. The second kappa shape index (κ2) is 11.5. The minimum atomic E-state index is -0.395. The van der Waals surface area contributed by atoms with Crippen molar-refractivity contribution in [2.75, 3.05) is 11.9 Å². The smallest absolute Gasteiger partial charge is 0.319 e. The molecular weight excluding hydrogens is 518 g/mol. The van der Waals surface area contributed by atoms with Gasteiger partial charge in [-0.3, -0.25) is 14.9 Å². The van der Waals surface area contributed by atoms with Crippen molar-refractivity contribution in [1.82, 2.24) is 20.2 Å². The number of nitrogens with zero attached hydrogens (tertiary/aromatic N) is 2. The minimum Gasteiger partial charge on any atom is -0.486 e. The summed E-state index contributed by atoms with van der Waals surface area (Å²) in [5.41, 5.74) is 3.35. The molecule has 39 heavy (non-hydrogen) atoms. The van der Waals surface area contributed by atoms with Crippen molar-refractivity contribution in [3.05, 3.63) is 78.1 Å². The first-order valence-corrected chi connectivity index (χ1v) is 13.3. The summed E-state index contributed by atoms with van der Waals surface area (Å²) in [6, 6.07) is 20.1. The van der Waals surface area contributed by atoms with Crippen LogP contribution in [0.2, 0.25) is 0 Å². The minimum absolute atomic E-state index is 0.246. The number of carbonyl (C=O) groups is 3. The van der Waals surface area contributed by atoms with Crippen molar-refractivity contribution >= 4 is 45.7 Å². The summed E-state index contributed by atoms with van der Waals surface area (Å²) < 4.78 is 13.9. The van der Waals surface area contributed by atoms with Crippen LogP contribution in [0, 0.1) is 0 Å². The summed E-state index contributed by atoms with van der Waals surface area (Å²) in [7, 11) is 1.92. The number of carbonyl (C=O) groups excluding carboxylic acids is 3. The zero-order chi connectivity index (χ0) is 27.4. The Balaban J connectivity index is 1.20. The van der Waals surface area contributed by atoms with Crippen molar-refractivity contribution in [3.8, 4) is 17.2 Å². The second-order valence-electron chi connectivity index (χ2n) is 8.87. The van der Waals surface area contributed by atoms with Gasteiger partial charge in [-0.15, -0.1) is 0 Å². The number of thioether (sulfide) groups is 1. The molecular formula is C28H27N5O5S. The molecule has 0 radical (unpaired) electrons. The Kier molecular flexibility index (Phi) is 7.69. The van der Waals surface area contributed by atoms with Crippen molar-refractivity contribution < 1.29 is 23.9 Å². The van der Waals surface area contributed by atoms with E-state index < -0.39 is 5.25 Å². The lowest BCUT2D eigenvalue weighted by Crippen LogP contribution is -2.28. The molecule has 1 aromatic heterocycles. The molecule has 1 aliphatic heterocycles. The van der Waals surface area contributed by atoms with Gasteiger partial charge in [0.05, 0.1) is 16.3 Å². The number of imide groups is 1. The van der Waals surface area contributed by atoms with E-state index in [0.717, 1.165) is 34.2 Å². The maximum atomic E-state index is 11.8. The van der Waals surface area contributed by atoms with Crippen molar-refractivity contribution in [1.29, 1.82) is 0 Å². The van der Waals surface area contributed by atoms with Gasteiger partial charge in [-0.05, 0) is 67.4 Å². The lowest BCUT2D eigenvalue weighted by Gasteiger charge is -2.09. The van der Waals surface area contributed by atoms with E-state index in [-0.39, 0.29) is 23.8 Å². The number of rotatable bonds is 9. The number of ether oxygens (including phenoxy) is 2. The van der Waals surface area contributed by atoms with Gasteiger partial charge in [-0.1, -0.05) is 23.9 Å². The van der Waals surface area contributed by atoms with E-state index >= 15 is 0 Å². The van der Waals surface area contributed by atoms with E-state index in [9.17, 15) is 14.4 Å². The SMILES string of the molecule is CCNC(=O)Nc1ccc(Oc2ccc3nc(COc4ccc(CC5SC(=O)NC5=O)cc4)n(C)c3c2)cc1. The molecule has 5 rings (SSSR count). The molecule has 0 saturated carbocycles. The van der Waals surface area contributed by atoms with Gasteiger partial charge in [0, 0.05) is 25.3 Å². The fourth-order valence-electron chi connectivity index (χ4n) is 4.10. The predicted octanol–water partition coefficient (Wildman–Crippen LogP) is 4.98. The third-order valence-corrected chi connectivity index (χ3v) is 7.09. The topological polar surface area (TPSA) is 124 Å². The average molecular weight is 546 g/mol. The monoisotopic (exact) mass is 545 g/mol. The predicted molar refractivity (Wildman–Crippen MR) is 149 cm³/mol. The number of imidazole rings is 1. The fraction of sp³-hybridized carbons (Fsp3) is 0.214. The number of aryl methyl sites for hydroxylation is 1. The summed E-state index contributed by atoms with van der Waals surface area (Å²) in [4.78, 5) is 39.5. The van der Waals surface area contributed by atoms with E-state index in [1.54, 1.807) is 24.3 Å². The molecule has 4 amide bonds. The second-order valence-corrected chi connectivity index (χ2v) is 10.0. The number of nitrogens with one attached hydrogen (secondary N) is 3. The Bertz CT molecular complexity index is 1520. The normalized spacial score (nSPS) is 14.8. The molecule has 11 heteroatoms. The van der Waals surface area contributed by atoms with E-state index in [0.29, 0.717) is 35.9 Å². The molecule has 4 aromatic rings. The van der Waals surface area contributed by atoms with Gasteiger partial charge in [0.15, 0.2) is 0 Å². The first-order chi connectivity index (χ1) is 18.9. The number of benzene rings is 3. The summed E-state index contributed by atoms with van der Waals surface area (Å²) in [6.45, 7) is 2.69. The molecule has 3 N–H and O–H groups in total. The third-order valence-electron chi connectivity index (χ3n) is 6.11. The molecule has 10 nitrogen and oxygen atoms in total. The molecule has 1 aliphatic rings. The standard InChI is InChI=1S/C28H27N5O5S/c1-3-29-27(35)30-18-6-10-20(11-7-18)38-21-12-13-22-23(15-21)33(2)25(31-22)16-37-19-8-4-17(5-9-19)14-24-26(34)32-28(36)39-24/h4-13,15,24H,3,14,16H2,1-2H3,(H2,29,30,35)(H,32,34,36). The lowest BCUT2D eigenvalue weighted by molar-refractivity contribution is -0.118. The van der Waals surface area contributed by atoms with Gasteiger partial charge in [-0.25, -0.2) is 9.78 Å². The average Bonchev–Trinajstić information content (AvgIpc) is 3.41. The summed E-state index contributed by atoms with van der Waals surface area (Å²) in [5, 5.41) is 7.06. The van der Waals surface area contributed by atoms with E-state index in [1.807, 2.05) is 61.0 Å². The number of aromatic nitrogens is 2. The molecule has 2 heterocycles. The zero-order valence-electron chi connectivity index (χ0n) is 21.4. The van der Waals surface area contributed by atoms with Crippen LogP contribution in [0.3, 0.4) is 0 Å². The Labute approximate surface area is 229 Å². The first-order valence-electron chi connectivity index (χ1n) is 12.4. The highest BCUT2D eigenvalue weighted by Crippen LogP contribution is 2.28. The highest BCUT2D eigenvalue weighted by atomic mass is 32.2. The Morgan fingerprint density at radius 2 is 1.74 bits per heavy atom. The Morgan fingerprint density at radius 3 is 2.44 bits per heavy atom. The van der Waals surface area contributed by atoms with Gasteiger partial charge in [0.2, 0.25) is 5.91 Å². The molecule has 3 aromatic carbocycles. The van der Waals surface area contributed by atoms with Gasteiger partial charge in [0.1, 0.15) is 29.7 Å². The zero-order valence-corrected chi connectivity index (χ0v) is 22.2. The summed E-state index contributed by atoms with van der Waals surface area (Å²) in [6.07, 6.45) is 0.481. The number of fused-ring (bicyclic) bond motifs is 1. The van der Waals surface area contributed by atoms with Crippen LogP contribution in [0.4, 0.5) is 15.3 Å². The maximum absolute atomic E-state index is 11.8. The highest BCUT2D eigenvalue weighted by molar-refractivity contribution is 8.15. The molecule has 1 fully saturated rings. The number of urea groups is 1. The molecule has 200 valence electrons. The molecule has 1 saturated heterocycles. The third kappa shape index (κ3) is 6.32. The van der Waals surface area contributed by atoms with Gasteiger partial charge in [-0.2, -0.15) is 0 Å². The van der Waals surface area contributed by atoms with E-state index in [4.69, 9.17) is 9.47 Å². The van der Waals surface area contributed by atoms with Crippen LogP contribution < -0.4 is 25.4 Å². The number of hydrogen-bond acceptors (Lipinski definition) is 7. The highest BCUT2D eigenvalue weighted by Gasteiger charge is 2.31. The first kappa shape index (κ1) is 26.1. The molecule has 1 unspecified atom stereocenters. The van der Waals surface area contributed by atoms with Crippen LogP contribution in [0.5, 0.6) is 17.2 Å². The van der Waals surface area contributed by atoms with Crippen LogP contribution in [0.1, 0.15) is 18.3 Å². The number of anilines is 1.